The third-order valence-corrected chi connectivity index (χ3v) is 5.42. The van der Waals surface area contributed by atoms with Crippen LogP contribution in [0.4, 0.5) is 0 Å². The molecule has 0 bridgehead atoms. The van der Waals surface area contributed by atoms with Crippen molar-refractivity contribution in [1.29, 1.82) is 0 Å². The fourth-order valence-electron chi connectivity index (χ4n) is 2.56. The molecule has 19 heavy (non-hydrogen) atoms. The van der Waals surface area contributed by atoms with Gasteiger partial charge in [0.1, 0.15) is 5.78 Å². The molecule has 0 aromatic heterocycles. The highest BCUT2D eigenvalue weighted by Gasteiger charge is 2.39. The van der Waals surface area contributed by atoms with E-state index in [2.05, 4.69) is 50.1 Å². The molecule has 1 heterocycles. The van der Waals surface area contributed by atoms with Gasteiger partial charge in [-0.1, -0.05) is 37.3 Å². The molecule has 2 rings (SSSR count). The number of thioether (sulfide) groups is 1. The van der Waals surface area contributed by atoms with Crippen molar-refractivity contribution in [2.75, 3.05) is 19.3 Å². The van der Waals surface area contributed by atoms with Crippen LogP contribution in [0.3, 0.4) is 0 Å². The van der Waals surface area contributed by atoms with Gasteiger partial charge in [-0.2, -0.15) is 11.8 Å². The van der Waals surface area contributed by atoms with E-state index >= 15 is 0 Å². The lowest BCUT2D eigenvalue weighted by Crippen LogP contribution is -2.51. The van der Waals surface area contributed by atoms with Crippen molar-refractivity contribution in [3.05, 3.63) is 35.9 Å². The van der Waals surface area contributed by atoms with Crippen molar-refractivity contribution in [2.24, 2.45) is 5.41 Å². The molecule has 1 aliphatic heterocycles. The molecule has 0 N–H and O–H groups in total. The number of hydrogen-bond acceptors (Lipinski definition) is 3. The van der Waals surface area contributed by atoms with Crippen LogP contribution in [0.5, 0.6) is 0 Å². The summed E-state index contributed by atoms with van der Waals surface area (Å²) in [6.45, 7) is 5.14. The molecule has 1 aliphatic rings. The lowest BCUT2D eigenvalue weighted by atomic mass is 9.80. The third-order valence-electron chi connectivity index (χ3n) is 4.04. The molecule has 0 spiro atoms. The molecule has 3 heteroatoms. The summed E-state index contributed by atoms with van der Waals surface area (Å²) in [6, 6.07) is 10.9. The Morgan fingerprint density at radius 1 is 1.37 bits per heavy atom. The second kappa shape index (κ2) is 6.10. The minimum absolute atomic E-state index is 0.180. The molecule has 1 saturated heterocycles. The Labute approximate surface area is 120 Å². The standard InChI is InChI=1S/C16H23NOS/c1-13-9-15(18)16(2,11-17(13)3)12-19-10-14-7-5-4-6-8-14/h4-8,13H,9-12H2,1-3H3. The van der Waals surface area contributed by atoms with E-state index < -0.39 is 0 Å². The number of ketones is 1. The Bertz CT molecular complexity index is 434. The van der Waals surface area contributed by atoms with Gasteiger partial charge in [-0.05, 0) is 19.5 Å². The second-order valence-corrected chi connectivity index (χ2v) is 6.92. The minimum Gasteiger partial charge on any atom is -0.302 e. The monoisotopic (exact) mass is 277 g/mol. The van der Waals surface area contributed by atoms with Crippen LogP contribution < -0.4 is 0 Å². The van der Waals surface area contributed by atoms with E-state index in [0.29, 0.717) is 18.2 Å². The van der Waals surface area contributed by atoms with Crippen LogP contribution in [0.2, 0.25) is 0 Å². The smallest absolute Gasteiger partial charge is 0.142 e. The fourth-order valence-corrected chi connectivity index (χ4v) is 3.79. The van der Waals surface area contributed by atoms with Crippen molar-refractivity contribution < 1.29 is 4.79 Å². The van der Waals surface area contributed by atoms with Crippen LogP contribution in [0.15, 0.2) is 30.3 Å². The molecule has 1 aromatic carbocycles. The average molecular weight is 277 g/mol. The van der Waals surface area contributed by atoms with Crippen LogP contribution in [0.25, 0.3) is 0 Å². The van der Waals surface area contributed by atoms with Crippen LogP contribution in [0, 0.1) is 5.41 Å². The van der Waals surface area contributed by atoms with E-state index in [4.69, 9.17) is 0 Å². The molecule has 1 aromatic rings. The van der Waals surface area contributed by atoms with E-state index in [1.807, 2.05) is 17.8 Å². The number of Topliss-reactive ketones (excluding diaryl/α,β-unsaturated/α-hetero) is 1. The van der Waals surface area contributed by atoms with Crippen LogP contribution in [0.1, 0.15) is 25.8 Å². The molecule has 0 radical (unpaired) electrons. The highest BCUT2D eigenvalue weighted by Crippen LogP contribution is 2.32. The van der Waals surface area contributed by atoms with Gasteiger partial charge in [0.25, 0.3) is 0 Å². The predicted molar refractivity (Wildman–Crippen MR) is 82.4 cm³/mol. The molecule has 104 valence electrons. The van der Waals surface area contributed by atoms with Gasteiger partial charge >= 0.3 is 0 Å². The third kappa shape index (κ3) is 3.61. The number of hydrogen-bond donors (Lipinski definition) is 0. The average Bonchev–Trinajstić information content (AvgIpc) is 2.38. The summed E-state index contributed by atoms with van der Waals surface area (Å²) in [6.07, 6.45) is 0.693. The Morgan fingerprint density at radius 2 is 2.05 bits per heavy atom. The lowest BCUT2D eigenvalue weighted by molar-refractivity contribution is -0.132. The molecular formula is C16H23NOS. The first-order chi connectivity index (χ1) is 9.01. The van der Waals surface area contributed by atoms with Gasteiger partial charge < -0.3 is 4.90 Å². The van der Waals surface area contributed by atoms with Crippen LogP contribution in [-0.4, -0.2) is 36.1 Å². The molecule has 2 nitrogen and oxygen atoms in total. The topological polar surface area (TPSA) is 20.3 Å². The normalized spacial score (nSPS) is 28.6. The summed E-state index contributed by atoms with van der Waals surface area (Å²) in [5.41, 5.74) is 1.15. The first-order valence-corrected chi connectivity index (χ1v) is 8.02. The number of likely N-dealkylation sites (tertiary alicyclic amines) is 1. The fraction of sp³-hybridized carbons (Fsp3) is 0.562. The minimum atomic E-state index is -0.180. The highest BCUT2D eigenvalue weighted by atomic mass is 32.2. The molecule has 0 amide bonds. The Balaban J connectivity index is 1.89. The molecule has 0 saturated carbocycles. The van der Waals surface area contributed by atoms with E-state index in [1.165, 1.54) is 5.56 Å². The van der Waals surface area contributed by atoms with Gasteiger partial charge in [0.2, 0.25) is 0 Å². The van der Waals surface area contributed by atoms with Crippen molar-refractivity contribution in [1.82, 2.24) is 4.90 Å². The Kier molecular flexibility index (Phi) is 4.69. The number of carbonyl (C=O) groups is 1. The van der Waals surface area contributed by atoms with Gasteiger partial charge in [0, 0.05) is 35.9 Å². The maximum atomic E-state index is 12.3. The first-order valence-electron chi connectivity index (χ1n) is 6.86. The Morgan fingerprint density at radius 3 is 2.74 bits per heavy atom. The molecule has 2 unspecified atom stereocenters. The van der Waals surface area contributed by atoms with E-state index in [0.717, 1.165) is 18.1 Å². The SMILES string of the molecule is CC1CC(=O)C(C)(CSCc2ccccc2)CN1C. The van der Waals surface area contributed by atoms with Crippen molar-refractivity contribution in [2.45, 2.75) is 32.1 Å². The quantitative estimate of drug-likeness (QED) is 0.843. The summed E-state index contributed by atoms with van der Waals surface area (Å²) in [7, 11) is 2.12. The largest absolute Gasteiger partial charge is 0.302 e. The molecule has 0 aliphatic carbocycles. The zero-order valence-corrected chi connectivity index (χ0v) is 12.9. The number of benzene rings is 1. The summed E-state index contributed by atoms with van der Waals surface area (Å²) in [5.74, 6) is 2.33. The maximum absolute atomic E-state index is 12.3. The summed E-state index contributed by atoms with van der Waals surface area (Å²) >= 11 is 1.87. The summed E-state index contributed by atoms with van der Waals surface area (Å²) in [5, 5.41) is 0. The van der Waals surface area contributed by atoms with Gasteiger partial charge in [0.15, 0.2) is 0 Å². The van der Waals surface area contributed by atoms with Gasteiger partial charge in [0.05, 0.1) is 0 Å². The van der Waals surface area contributed by atoms with E-state index in [1.54, 1.807) is 0 Å². The summed E-state index contributed by atoms with van der Waals surface area (Å²) in [4.78, 5) is 14.6. The molecular weight excluding hydrogens is 254 g/mol. The van der Waals surface area contributed by atoms with Crippen molar-refractivity contribution >= 4 is 17.5 Å². The van der Waals surface area contributed by atoms with Gasteiger partial charge in [-0.3, -0.25) is 4.79 Å². The van der Waals surface area contributed by atoms with Crippen LogP contribution >= 0.6 is 11.8 Å². The van der Waals surface area contributed by atoms with Crippen molar-refractivity contribution in [3.63, 3.8) is 0 Å². The zero-order chi connectivity index (χ0) is 13.9. The molecule has 1 fully saturated rings. The number of carbonyl (C=O) groups excluding carboxylic acids is 1. The van der Waals surface area contributed by atoms with Gasteiger partial charge in [-0.15, -0.1) is 0 Å². The number of piperidine rings is 1. The lowest BCUT2D eigenvalue weighted by Gasteiger charge is -2.41. The second-order valence-electron chi connectivity index (χ2n) is 5.93. The van der Waals surface area contributed by atoms with E-state index in [9.17, 15) is 4.79 Å². The molecule has 2 atom stereocenters. The van der Waals surface area contributed by atoms with E-state index in [-0.39, 0.29) is 5.41 Å². The summed E-state index contributed by atoms with van der Waals surface area (Å²) < 4.78 is 0. The first kappa shape index (κ1) is 14.6. The van der Waals surface area contributed by atoms with Gasteiger partial charge in [-0.25, -0.2) is 0 Å². The zero-order valence-electron chi connectivity index (χ0n) is 12.1. The number of nitrogens with zero attached hydrogens (tertiary/aromatic N) is 1. The van der Waals surface area contributed by atoms with Crippen LogP contribution in [-0.2, 0) is 10.5 Å². The Hall–Kier alpha value is -0.800. The maximum Gasteiger partial charge on any atom is 0.142 e. The highest BCUT2D eigenvalue weighted by molar-refractivity contribution is 7.98. The predicted octanol–water partition coefficient (Wildman–Crippen LogP) is 3.22. The number of rotatable bonds is 4. The van der Waals surface area contributed by atoms with Crippen molar-refractivity contribution in [3.8, 4) is 0 Å².